The molecule has 186 valence electrons. The highest BCUT2D eigenvalue weighted by molar-refractivity contribution is 5.95. The molecule has 3 fully saturated rings. The third-order valence-corrected chi connectivity index (χ3v) is 6.58. The molecule has 1 atom stereocenters. The van der Waals surface area contributed by atoms with Gasteiger partial charge in [0.1, 0.15) is 11.4 Å². The van der Waals surface area contributed by atoms with E-state index in [1.807, 2.05) is 31.7 Å². The maximum absolute atomic E-state index is 14.6. The molecule has 9 nitrogen and oxygen atoms in total. The Labute approximate surface area is 199 Å². The van der Waals surface area contributed by atoms with Crippen molar-refractivity contribution in [3.05, 3.63) is 24.0 Å². The van der Waals surface area contributed by atoms with E-state index in [1.54, 1.807) is 14.7 Å². The predicted molar refractivity (Wildman–Crippen MR) is 124 cm³/mol. The normalized spacial score (nSPS) is 21.6. The number of carbonyl (C=O) groups excluding carboxylic acids is 3. The van der Waals surface area contributed by atoms with Crippen LogP contribution in [0.4, 0.5) is 25.4 Å². The van der Waals surface area contributed by atoms with Crippen molar-refractivity contribution in [1.29, 1.82) is 0 Å². The second-order valence-electron chi connectivity index (χ2n) is 10.1. The van der Waals surface area contributed by atoms with Gasteiger partial charge in [-0.3, -0.25) is 9.69 Å². The van der Waals surface area contributed by atoms with Crippen molar-refractivity contribution in [3.63, 3.8) is 0 Å². The number of hydrogen-bond acceptors (Lipinski definition) is 6. The summed E-state index contributed by atoms with van der Waals surface area (Å²) < 4.78 is 24.9. The van der Waals surface area contributed by atoms with Crippen LogP contribution in [0.15, 0.2) is 18.2 Å². The summed E-state index contributed by atoms with van der Waals surface area (Å²) in [6.07, 6.45) is 0.885. The van der Waals surface area contributed by atoms with Crippen LogP contribution in [0.1, 0.15) is 33.6 Å². The Hall–Kier alpha value is -3.04. The van der Waals surface area contributed by atoms with Crippen LogP contribution in [-0.2, 0) is 14.3 Å². The lowest BCUT2D eigenvalue weighted by Gasteiger charge is -2.36. The van der Waals surface area contributed by atoms with Gasteiger partial charge in [0.15, 0.2) is 0 Å². The van der Waals surface area contributed by atoms with Crippen LogP contribution in [0.2, 0.25) is 0 Å². The Morgan fingerprint density at radius 1 is 1.00 bits per heavy atom. The molecule has 3 heterocycles. The first kappa shape index (κ1) is 24.1. The lowest BCUT2D eigenvalue weighted by Crippen LogP contribution is -2.54. The van der Waals surface area contributed by atoms with Gasteiger partial charge in [0.25, 0.3) is 0 Å². The van der Waals surface area contributed by atoms with E-state index in [0.29, 0.717) is 63.5 Å². The van der Waals surface area contributed by atoms with Crippen molar-refractivity contribution in [1.82, 2.24) is 9.80 Å². The van der Waals surface area contributed by atoms with Gasteiger partial charge in [-0.2, -0.15) is 0 Å². The summed E-state index contributed by atoms with van der Waals surface area (Å²) in [4.78, 5) is 44.4. The molecule has 0 N–H and O–H groups in total. The number of hydrogen-bond donors (Lipinski definition) is 0. The Balaban J connectivity index is 1.45. The minimum absolute atomic E-state index is 0.140. The highest BCUT2D eigenvalue weighted by atomic mass is 19.1. The van der Waals surface area contributed by atoms with E-state index in [0.717, 1.165) is 0 Å². The summed E-state index contributed by atoms with van der Waals surface area (Å²) in [6, 6.07) is 4.28. The molecule has 10 heteroatoms. The Kier molecular flexibility index (Phi) is 6.60. The second-order valence-corrected chi connectivity index (χ2v) is 10.1. The zero-order valence-corrected chi connectivity index (χ0v) is 20.3. The number of urea groups is 1. The molecule has 4 rings (SSSR count). The summed E-state index contributed by atoms with van der Waals surface area (Å²) in [5.74, 6) is -0.770. The summed E-state index contributed by atoms with van der Waals surface area (Å²) in [5, 5.41) is 0. The average molecular weight is 477 g/mol. The Bertz CT molecular complexity index is 957. The number of esters is 1. The monoisotopic (exact) mass is 476 g/mol. The van der Waals surface area contributed by atoms with E-state index >= 15 is 0 Å². The third-order valence-electron chi connectivity index (χ3n) is 6.58. The van der Waals surface area contributed by atoms with E-state index < -0.39 is 11.4 Å². The molecular weight excluding hydrogens is 443 g/mol. The van der Waals surface area contributed by atoms with Gasteiger partial charge in [0.05, 0.1) is 24.8 Å². The minimum Gasteiger partial charge on any atom is -0.469 e. The summed E-state index contributed by atoms with van der Waals surface area (Å²) in [5.41, 5.74) is 0.592. The molecule has 0 bridgehead atoms. The molecule has 34 heavy (non-hydrogen) atoms. The number of rotatable bonds is 3. The van der Waals surface area contributed by atoms with Crippen molar-refractivity contribution in [3.8, 4) is 0 Å². The van der Waals surface area contributed by atoms with E-state index in [-0.39, 0.29) is 30.1 Å². The molecule has 3 amide bonds. The van der Waals surface area contributed by atoms with Crippen LogP contribution < -0.4 is 9.80 Å². The SMILES string of the molecule is COC(=O)C1CCN(c2cc(F)cc(N3CC4CN(C(=O)OC(C)(C)C)CCN4C3=O)c2)CC1. The van der Waals surface area contributed by atoms with Gasteiger partial charge in [-0.15, -0.1) is 0 Å². The van der Waals surface area contributed by atoms with Crippen molar-refractivity contribution in [2.24, 2.45) is 5.92 Å². The number of methoxy groups -OCH3 is 1. The maximum Gasteiger partial charge on any atom is 0.410 e. The fourth-order valence-corrected chi connectivity index (χ4v) is 4.85. The minimum atomic E-state index is -0.588. The predicted octanol–water partition coefficient (Wildman–Crippen LogP) is 3.08. The molecule has 1 unspecified atom stereocenters. The number of anilines is 2. The van der Waals surface area contributed by atoms with Crippen molar-refractivity contribution in [2.45, 2.75) is 45.3 Å². The number of piperazine rings is 1. The summed E-state index contributed by atoms with van der Waals surface area (Å²) >= 11 is 0. The molecule has 0 aromatic heterocycles. The van der Waals surface area contributed by atoms with Gasteiger partial charge in [0.2, 0.25) is 0 Å². The first-order valence-corrected chi connectivity index (χ1v) is 11.7. The quantitative estimate of drug-likeness (QED) is 0.624. The summed E-state index contributed by atoms with van der Waals surface area (Å²) in [6.45, 7) is 8.22. The van der Waals surface area contributed by atoms with E-state index in [4.69, 9.17) is 9.47 Å². The largest absolute Gasteiger partial charge is 0.469 e. The van der Waals surface area contributed by atoms with Gasteiger partial charge in [-0.1, -0.05) is 0 Å². The summed E-state index contributed by atoms with van der Waals surface area (Å²) in [7, 11) is 1.39. The molecule has 0 radical (unpaired) electrons. The molecule has 0 aliphatic carbocycles. The van der Waals surface area contributed by atoms with Crippen LogP contribution in [0, 0.1) is 11.7 Å². The standard InChI is InChI=1S/C24H33FN4O5/c1-24(2,3)34-23(32)27-9-10-28-20(14-27)15-29(22(28)31)19-12-17(25)11-18(13-19)26-7-5-16(6-8-26)21(30)33-4/h11-13,16,20H,5-10,14-15H2,1-4H3. The fraction of sp³-hybridized carbons (Fsp3) is 0.625. The van der Waals surface area contributed by atoms with Gasteiger partial charge in [0, 0.05) is 45.0 Å². The fourth-order valence-electron chi connectivity index (χ4n) is 4.85. The van der Waals surface area contributed by atoms with Crippen molar-refractivity contribution >= 4 is 29.5 Å². The topological polar surface area (TPSA) is 82.6 Å². The van der Waals surface area contributed by atoms with Gasteiger partial charge in [-0.25, -0.2) is 14.0 Å². The number of halogens is 1. The van der Waals surface area contributed by atoms with Crippen LogP contribution >= 0.6 is 0 Å². The lowest BCUT2D eigenvalue weighted by molar-refractivity contribution is -0.146. The van der Waals surface area contributed by atoms with Gasteiger partial charge in [-0.05, 0) is 51.8 Å². The Morgan fingerprint density at radius 3 is 2.32 bits per heavy atom. The van der Waals surface area contributed by atoms with Crippen LogP contribution in [0.5, 0.6) is 0 Å². The van der Waals surface area contributed by atoms with E-state index in [1.165, 1.54) is 19.2 Å². The number of amides is 3. The first-order valence-electron chi connectivity index (χ1n) is 11.7. The van der Waals surface area contributed by atoms with E-state index in [2.05, 4.69) is 0 Å². The smallest absolute Gasteiger partial charge is 0.410 e. The number of fused-ring (bicyclic) bond motifs is 1. The molecule has 0 spiro atoms. The van der Waals surface area contributed by atoms with Gasteiger partial charge >= 0.3 is 18.1 Å². The molecule has 3 saturated heterocycles. The molecule has 0 saturated carbocycles. The Morgan fingerprint density at radius 2 is 1.68 bits per heavy atom. The van der Waals surface area contributed by atoms with Crippen LogP contribution in [0.25, 0.3) is 0 Å². The number of ether oxygens (including phenoxy) is 2. The third kappa shape index (κ3) is 5.05. The number of nitrogens with zero attached hydrogens (tertiary/aromatic N) is 4. The van der Waals surface area contributed by atoms with Crippen molar-refractivity contribution < 1.29 is 28.2 Å². The highest BCUT2D eigenvalue weighted by Gasteiger charge is 2.43. The molecule has 3 aliphatic heterocycles. The zero-order valence-electron chi connectivity index (χ0n) is 20.3. The number of carbonyl (C=O) groups is 3. The molecule has 1 aromatic carbocycles. The zero-order chi connectivity index (χ0) is 24.6. The van der Waals surface area contributed by atoms with Crippen LogP contribution in [-0.4, -0.2) is 85.9 Å². The molecule has 1 aromatic rings. The lowest BCUT2D eigenvalue weighted by atomic mass is 9.96. The number of piperidine rings is 1. The second kappa shape index (κ2) is 9.31. The number of benzene rings is 1. The highest BCUT2D eigenvalue weighted by Crippen LogP contribution is 2.32. The maximum atomic E-state index is 14.6. The van der Waals surface area contributed by atoms with Gasteiger partial charge < -0.3 is 24.2 Å². The van der Waals surface area contributed by atoms with Crippen LogP contribution in [0.3, 0.4) is 0 Å². The molecular formula is C24H33FN4O5. The first-order chi connectivity index (χ1) is 16.1. The van der Waals surface area contributed by atoms with E-state index in [9.17, 15) is 18.8 Å². The average Bonchev–Trinajstić information content (AvgIpc) is 3.13. The molecule has 3 aliphatic rings. The van der Waals surface area contributed by atoms with Crippen molar-refractivity contribution in [2.75, 3.05) is 56.2 Å².